The molecule has 0 bridgehead atoms. The summed E-state index contributed by atoms with van der Waals surface area (Å²) in [5.41, 5.74) is 1.01. The molecule has 0 aromatic heterocycles. The number of fused-ring (bicyclic) bond motifs is 1. The fraction of sp³-hybridized carbons (Fsp3) is 0.263. The summed E-state index contributed by atoms with van der Waals surface area (Å²) in [5.74, 6) is -1.81. The molecular weight excluding hydrogens is 453 g/mol. The Kier molecular flexibility index (Phi) is 5.46. The first-order valence-electron chi connectivity index (χ1n) is 8.21. The van der Waals surface area contributed by atoms with Crippen molar-refractivity contribution in [3.8, 4) is 17.6 Å². The highest BCUT2D eigenvalue weighted by Gasteiger charge is 2.37. The van der Waals surface area contributed by atoms with E-state index in [1.165, 1.54) is 18.2 Å². The fourth-order valence-corrected chi connectivity index (χ4v) is 5.36. The van der Waals surface area contributed by atoms with E-state index in [0.29, 0.717) is 17.5 Å². The van der Waals surface area contributed by atoms with E-state index in [1.807, 2.05) is 6.07 Å². The molecule has 28 heavy (non-hydrogen) atoms. The summed E-state index contributed by atoms with van der Waals surface area (Å²) in [5, 5.41) is 18.2. The number of halogens is 2. The summed E-state index contributed by atoms with van der Waals surface area (Å²) in [6.07, 6.45) is 1.23. The van der Waals surface area contributed by atoms with Crippen LogP contribution in [-0.2, 0) is 14.6 Å². The van der Waals surface area contributed by atoms with E-state index in [2.05, 4.69) is 15.9 Å². The van der Waals surface area contributed by atoms with Crippen LogP contribution >= 0.6 is 15.9 Å². The lowest BCUT2D eigenvalue weighted by molar-refractivity contribution is -0.137. The molecule has 1 aliphatic carbocycles. The molecule has 1 N–H and O–H groups in total. The second-order valence-electron chi connectivity index (χ2n) is 6.55. The molecule has 0 saturated heterocycles. The predicted octanol–water partition coefficient (Wildman–Crippen LogP) is 4.29. The summed E-state index contributed by atoms with van der Waals surface area (Å²) in [6.45, 7) is 0. The van der Waals surface area contributed by atoms with Gasteiger partial charge >= 0.3 is 5.97 Å². The summed E-state index contributed by atoms with van der Waals surface area (Å²) >= 11 is 3.48. The Morgan fingerprint density at radius 2 is 2.07 bits per heavy atom. The number of sulfone groups is 1. The number of rotatable bonds is 5. The maximum atomic E-state index is 13.7. The van der Waals surface area contributed by atoms with Crippen LogP contribution in [0.1, 0.15) is 40.3 Å². The van der Waals surface area contributed by atoms with Crippen LogP contribution in [0.2, 0.25) is 0 Å². The Morgan fingerprint density at radius 3 is 2.68 bits per heavy atom. The average Bonchev–Trinajstić information content (AvgIpc) is 2.89. The van der Waals surface area contributed by atoms with Gasteiger partial charge in [-0.05, 0) is 42.2 Å². The van der Waals surface area contributed by atoms with Crippen LogP contribution < -0.4 is 4.74 Å². The van der Waals surface area contributed by atoms with Gasteiger partial charge in [-0.25, -0.2) is 12.8 Å². The van der Waals surface area contributed by atoms with Crippen molar-refractivity contribution in [2.45, 2.75) is 28.5 Å². The first kappa shape index (κ1) is 20.3. The molecule has 3 rings (SSSR count). The van der Waals surface area contributed by atoms with Crippen molar-refractivity contribution in [2.24, 2.45) is 0 Å². The minimum Gasteiger partial charge on any atom is -0.481 e. The Morgan fingerprint density at radius 1 is 1.36 bits per heavy atom. The summed E-state index contributed by atoms with van der Waals surface area (Å²) in [7, 11) is -3.60. The molecule has 1 aliphatic rings. The van der Waals surface area contributed by atoms with Crippen molar-refractivity contribution in [3.05, 3.63) is 52.8 Å². The average molecular weight is 468 g/mol. The molecule has 2 aromatic rings. The topological polar surface area (TPSA) is 104 Å². The zero-order valence-electron chi connectivity index (χ0n) is 14.6. The van der Waals surface area contributed by atoms with Crippen molar-refractivity contribution in [1.82, 2.24) is 0 Å². The normalized spacial score (nSPS) is 18.4. The van der Waals surface area contributed by atoms with Gasteiger partial charge < -0.3 is 9.84 Å². The Labute approximate surface area is 169 Å². The van der Waals surface area contributed by atoms with Crippen LogP contribution in [-0.4, -0.2) is 25.7 Å². The number of hydrogen-bond donors (Lipinski definition) is 1. The molecular formula is C19H15BrFNO5S. The Bertz CT molecular complexity index is 1110. The van der Waals surface area contributed by atoms with Gasteiger partial charge in [0.25, 0.3) is 0 Å². The van der Waals surface area contributed by atoms with Gasteiger partial charge in [0, 0.05) is 22.7 Å². The first-order valence-corrected chi connectivity index (χ1v) is 11.0. The lowest BCUT2D eigenvalue weighted by atomic mass is 9.97. The molecule has 0 radical (unpaired) electrons. The van der Waals surface area contributed by atoms with E-state index in [-0.39, 0.29) is 33.2 Å². The molecule has 9 heteroatoms. The van der Waals surface area contributed by atoms with Crippen molar-refractivity contribution >= 4 is 31.7 Å². The number of ether oxygens (including phenoxy) is 1. The van der Waals surface area contributed by atoms with Gasteiger partial charge in [-0.15, -0.1) is 0 Å². The largest absolute Gasteiger partial charge is 0.481 e. The second-order valence-corrected chi connectivity index (χ2v) is 9.64. The lowest BCUT2D eigenvalue weighted by Gasteiger charge is -2.17. The first-order chi connectivity index (χ1) is 13.1. The highest BCUT2D eigenvalue weighted by Crippen LogP contribution is 2.53. The number of carboxylic acid groups (broad SMARTS) is 1. The molecule has 0 spiro atoms. The van der Waals surface area contributed by atoms with Gasteiger partial charge in [0.05, 0.1) is 22.9 Å². The molecule has 146 valence electrons. The smallest absolute Gasteiger partial charge is 0.303 e. The SMILES string of the molecule is CS(=O)(=O)c1ccc(Oc2cc(F)cc(C#N)c2)c2c1[C@H](CC(=O)O)CC2Br. The van der Waals surface area contributed by atoms with E-state index in [0.717, 1.165) is 18.4 Å². The molecule has 0 amide bonds. The zero-order valence-corrected chi connectivity index (χ0v) is 17.0. The Hall–Kier alpha value is -2.44. The van der Waals surface area contributed by atoms with Crippen molar-refractivity contribution in [3.63, 3.8) is 0 Å². The van der Waals surface area contributed by atoms with Crippen LogP contribution in [0.4, 0.5) is 4.39 Å². The third-order valence-corrected chi connectivity index (χ3v) is 6.46. The minimum atomic E-state index is -3.60. The molecule has 0 fully saturated rings. The van der Waals surface area contributed by atoms with Crippen LogP contribution in [0.5, 0.6) is 11.5 Å². The number of nitrogens with zero attached hydrogens (tertiary/aromatic N) is 1. The van der Waals surface area contributed by atoms with Gasteiger partial charge in [-0.3, -0.25) is 4.79 Å². The molecule has 1 unspecified atom stereocenters. The molecule has 0 heterocycles. The Balaban J connectivity index is 2.15. The van der Waals surface area contributed by atoms with E-state index in [4.69, 9.17) is 10.00 Å². The third-order valence-electron chi connectivity index (χ3n) is 4.47. The van der Waals surface area contributed by atoms with Gasteiger partial charge in [-0.2, -0.15) is 5.26 Å². The van der Waals surface area contributed by atoms with Crippen molar-refractivity contribution in [2.75, 3.05) is 6.26 Å². The van der Waals surface area contributed by atoms with Gasteiger partial charge in [-0.1, -0.05) is 15.9 Å². The maximum absolute atomic E-state index is 13.7. The summed E-state index contributed by atoms with van der Waals surface area (Å²) < 4.78 is 44.0. The molecule has 6 nitrogen and oxygen atoms in total. The molecule has 2 atom stereocenters. The molecule has 2 aromatic carbocycles. The summed E-state index contributed by atoms with van der Waals surface area (Å²) in [4.78, 5) is 11.0. The highest BCUT2D eigenvalue weighted by atomic mass is 79.9. The number of alkyl halides is 1. The van der Waals surface area contributed by atoms with Gasteiger partial charge in [0.15, 0.2) is 9.84 Å². The van der Waals surface area contributed by atoms with E-state index < -0.39 is 27.5 Å². The van der Waals surface area contributed by atoms with Crippen molar-refractivity contribution in [1.29, 1.82) is 5.26 Å². The van der Waals surface area contributed by atoms with Gasteiger partial charge in [0.2, 0.25) is 0 Å². The molecule has 0 aliphatic heterocycles. The van der Waals surface area contributed by atoms with E-state index >= 15 is 0 Å². The van der Waals surface area contributed by atoms with E-state index in [9.17, 15) is 22.7 Å². The summed E-state index contributed by atoms with van der Waals surface area (Å²) in [6, 6.07) is 8.22. The highest BCUT2D eigenvalue weighted by molar-refractivity contribution is 9.09. The molecule has 0 saturated carbocycles. The van der Waals surface area contributed by atoms with Crippen LogP contribution in [0.15, 0.2) is 35.2 Å². The van der Waals surface area contributed by atoms with Crippen LogP contribution in [0, 0.1) is 17.1 Å². The monoisotopic (exact) mass is 467 g/mol. The second kappa shape index (κ2) is 7.53. The fourth-order valence-electron chi connectivity index (χ4n) is 3.45. The van der Waals surface area contributed by atoms with Crippen LogP contribution in [0.3, 0.4) is 0 Å². The van der Waals surface area contributed by atoms with E-state index in [1.54, 1.807) is 0 Å². The third kappa shape index (κ3) is 4.03. The zero-order chi connectivity index (χ0) is 20.6. The number of nitriles is 1. The standard InChI is InChI=1S/C19H15BrFNO5S/c1-28(25,26)16-3-2-15(27-13-5-10(9-22)4-12(21)8-13)19-14(20)6-11(18(16)19)7-17(23)24/h2-5,8,11,14H,6-7H2,1H3,(H,23,24)/t11-,14?/m0/s1. The number of benzene rings is 2. The maximum Gasteiger partial charge on any atom is 0.303 e. The number of aliphatic carboxylic acids is 1. The predicted molar refractivity (Wildman–Crippen MR) is 102 cm³/mol. The quantitative estimate of drug-likeness (QED) is 0.657. The number of hydrogen-bond acceptors (Lipinski definition) is 5. The van der Waals surface area contributed by atoms with Crippen LogP contribution in [0.25, 0.3) is 0 Å². The van der Waals surface area contributed by atoms with Crippen molar-refractivity contribution < 1.29 is 27.4 Å². The van der Waals surface area contributed by atoms with Gasteiger partial charge in [0.1, 0.15) is 17.3 Å². The number of carbonyl (C=O) groups is 1. The lowest BCUT2D eigenvalue weighted by Crippen LogP contribution is -2.09. The minimum absolute atomic E-state index is 0.0556. The number of carboxylic acids is 1.